The number of carbonyl (C=O) groups is 1. The fourth-order valence-corrected chi connectivity index (χ4v) is 1.24. The fourth-order valence-electron chi connectivity index (χ4n) is 1.24. The van der Waals surface area contributed by atoms with Gasteiger partial charge in [-0.2, -0.15) is 5.26 Å². The van der Waals surface area contributed by atoms with Crippen LogP contribution in [0.5, 0.6) is 0 Å². The van der Waals surface area contributed by atoms with Gasteiger partial charge in [0.1, 0.15) is 5.69 Å². The highest BCUT2D eigenvalue weighted by atomic mass is 16.5. The van der Waals surface area contributed by atoms with E-state index in [0.29, 0.717) is 5.69 Å². The van der Waals surface area contributed by atoms with Crippen LogP contribution in [0.15, 0.2) is 40.9 Å². The molecule has 1 N–H and O–H groups in total. The maximum atomic E-state index is 11.2. The minimum absolute atomic E-state index is 0.0143. The van der Waals surface area contributed by atoms with Crippen LogP contribution in [-0.4, -0.2) is 11.1 Å². The van der Waals surface area contributed by atoms with E-state index in [0.717, 1.165) is 5.56 Å². The second-order valence-corrected chi connectivity index (χ2v) is 3.01. The Bertz CT molecular complexity index is 540. The van der Waals surface area contributed by atoms with E-state index < -0.39 is 5.91 Å². The SMILES string of the molecule is N#CNC(=O)c1cc(-c2ccccc2)no1. The standard InChI is InChI=1S/C11H7N3O2/c12-7-13-11(15)10-6-9(14-16-10)8-4-2-1-3-5-8/h1-6H,(H,13,15). The van der Waals surface area contributed by atoms with Crippen molar-refractivity contribution in [2.75, 3.05) is 0 Å². The lowest BCUT2D eigenvalue weighted by molar-refractivity contribution is 0.0936. The van der Waals surface area contributed by atoms with Crippen LogP contribution in [0.2, 0.25) is 0 Å². The summed E-state index contributed by atoms with van der Waals surface area (Å²) < 4.78 is 4.82. The number of carbonyl (C=O) groups excluding carboxylic acids is 1. The summed E-state index contributed by atoms with van der Waals surface area (Å²) >= 11 is 0. The van der Waals surface area contributed by atoms with Crippen LogP contribution < -0.4 is 5.32 Å². The van der Waals surface area contributed by atoms with Crippen LogP contribution in [0.25, 0.3) is 11.3 Å². The van der Waals surface area contributed by atoms with Gasteiger partial charge in [0, 0.05) is 11.6 Å². The summed E-state index contributed by atoms with van der Waals surface area (Å²) in [4.78, 5) is 11.2. The molecule has 5 heteroatoms. The van der Waals surface area contributed by atoms with Gasteiger partial charge in [-0.1, -0.05) is 35.5 Å². The van der Waals surface area contributed by atoms with E-state index in [2.05, 4.69) is 5.16 Å². The van der Waals surface area contributed by atoms with Gasteiger partial charge in [0.15, 0.2) is 6.19 Å². The van der Waals surface area contributed by atoms with Crippen LogP contribution >= 0.6 is 0 Å². The summed E-state index contributed by atoms with van der Waals surface area (Å²) in [6, 6.07) is 10.8. The third-order valence-electron chi connectivity index (χ3n) is 1.97. The second kappa shape index (κ2) is 4.28. The Morgan fingerprint density at radius 1 is 1.38 bits per heavy atom. The maximum Gasteiger partial charge on any atom is 0.302 e. The summed E-state index contributed by atoms with van der Waals surface area (Å²) in [5.74, 6) is -0.586. The highest BCUT2D eigenvalue weighted by molar-refractivity contribution is 5.93. The monoisotopic (exact) mass is 213 g/mol. The Balaban J connectivity index is 2.27. The number of nitrogens with zero attached hydrogens (tertiary/aromatic N) is 2. The molecule has 1 heterocycles. The minimum atomic E-state index is -0.600. The molecule has 1 aromatic carbocycles. The number of nitrogens with one attached hydrogen (secondary N) is 1. The first-order valence-corrected chi connectivity index (χ1v) is 4.53. The fraction of sp³-hybridized carbons (Fsp3) is 0. The van der Waals surface area contributed by atoms with Crippen LogP contribution in [0, 0.1) is 11.5 Å². The van der Waals surface area contributed by atoms with Crippen molar-refractivity contribution >= 4 is 5.91 Å². The van der Waals surface area contributed by atoms with Gasteiger partial charge in [-0.3, -0.25) is 10.1 Å². The molecule has 2 aromatic rings. The van der Waals surface area contributed by atoms with E-state index in [4.69, 9.17) is 9.78 Å². The molecule has 0 unspecified atom stereocenters. The van der Waals surface area contributed by atoms with Gasteiger partial charge in [0.05, 0.1) is 0 Å². The third-order valence-corrected chi connectivity index (χ3v) is 1.97. The average Bonchev–Trinajstić information content (AvgIpc) is 2.80. The largest absolute Gasteiger partial charge is 0.350 e. The van der Waals surface area contributed by atoms with Crippen LogP contribution in [0.1, 0.15) is 10.6 Å². The van der Waals surface area contributed by atoms with Gasteiger partial charge >= 0.3 is 5.91 Å². The summed E-state index contributed by atoms with van der Waals surface area (Å²) in [6.07, 6.45) is 1.53. The molecule has 78 valence electrons. The van der Waals surface area contributed by atoms with Crippen LogP contribution in [-0.2, 0) is 0 Å². The summed E-state index contributed by atoms with van der Waals surface area (Å²) in [6.45, 7) is 0. The molecule has 5 nitrogen and oxygen atoms in total. The molecule has 0 atom stereocenters. The Kier molecular flexibility index (Phi) is 2.65. The summed E-state index contributed by atoms with van der Waals surface area (Å²) in [5.41, 5.74) is 1.41. The predicted octanol–water partition coefficient (Wildman–Crippen LogP) is 1.55. The second-order valence-electron chi connectivity index (χ2n) is 3.01. The molecule has 0 saturated heterocycles. The van der Waals surface area contributed by atoms with Crippen molar-refractivity contribution < 1.29 is 9.32 Å². The predicted molar refractivity (Wildman–Crippen MR) is 55.0 cm³/mol. The number of hydrogen-bond acceptors (Lipinski definition) is 4. The van der Waals surface area contributed by atoms with Crippen molar-refractivity contribution in [1.29, 1.82) is 5.26 Å². The van der Waals surface area contributed by atoms with E-state index in [1.807, 2.05) is 35.6 Å². The van der Waals surface area contributed by atoms with Crippen molar-refractivity contribution in [2.24, 2.45) is 0 Å². The van der Waals surface area contributed by atoms with Crippen molar-refractivity contribution in [3.8, 4) is 17.5 Å². The Morgan fingerprint density at radius 2 is 2.12 bits per heavy atom. The highest BCUT2D eigenvalue weighted by Crippen LogP contribution is 2.18. The van der Waals surface area contributed by atoms with Crippen LogP contribution in [0.3, 0.4) is 0 Å². The van der Waals surface area contributed by atoms with E-state index in [-0.39, 0.29) is 5.76 Å². The molecule has 2 rings (SSSR count). The molecule has 16 heavy (non-hydrogen) atoms. The molecular weight excluding hydrogens is 206 g/mol. The molecule has 1 aromatic heterocycles. The quantitative estimate of drug-likeness (QED) is 0.606. The smallest absolute Gasteiger partial charge is 0.302 e. The van der Waals surface area contributed by atoms with Gasteiger partial charge in [-0.25, -0.2) is 0 Å². The van der Waals surface area contributed by atoms with Crippen molar-refractivity contribution in [1.82, 2.24) is 10.5 Å². The molecule has 0 aliphatic rings. The zero-order valence-electron chi connectivity index (χ0n) is 8.18. The normalized spacial score (nSPS) is 9.44. The Labute approximate surface area is 91.3 Å². The van der Waals surface area contributed by atoms with E-state index in [9.17, 15) is 4.79 Å². The molecule has 0 aliphatic carbocycles. The third kappa shape index (κ3) is 1.91. The zero-order chi connectivity index (χ0) is 11.4. The number of rotatable bonds is 2. The first-order chi connectivity index (χ1) is 7.81. The molecule has 0 spiro atoms. The lowest BCUT2D eigenvalue weighted by atomic mass is 10.1. The van der Waals surface area contributed by atoms with E-state index in [1.54, 1.807) is 0 Å². The lowest BCUT2D eigenvalue weighted by Gasteiger charge is -1.91. The topological polar surface area (TPSA) is 78.9 Å². The van der Waals surface area contributed by atoms with Gasteiger partial charge in [0.25, 0.3) is 0 Å². The van der Waals surface area contributed by atoms with Gasteiger partial charge < -0.3 is 4.52 Å². The Hall–Kier alpha value is -2.61. The molecule has 0 saturated carbocycles. The number of nitriles is 1. The van der Waals surface area contributed by atoms with Crippen molar-refractivity contribution in [2.45, 2.75) is 0 Å². The van der Waals surface area contributed by atoms with Crippen LogP contribution in [0.4, 0.5) is 0 Å². The molecule has 0 fully saturated rings. The molecule has 0 radical (unpaired) electrons. The van der Waals surface area contributed by atoms with E-state index >= 15 is 0 Å². The number of benzene rings is 1. The average molecular weight is 213 g/mol. The highest BCUT2D eigenvalue weighted by Gasteiger charge is 2.12. The van der Waals surface area contributed by atoms with E-state index in [1.165, 1.54) is 12.3 Å². The molecular formula is C11H7N3O2. The first kappa shape index (κ1) is 9.93. The number of amides is 1. The summed E-state index contributed by atoms with van der Waals surface area (Å²) in [5, 5.41) is 14.0. The minimum Gasteiger partial charge on any atom is -0.350 e. The summed E-state index contributed by atoms with van der Waals surface area (Å²) in [7, 11) is 0. The Morgan fingerprint density at radius 3 is 2.81 bits per heavy atom. The van der Waals surface area contributed by atoms with Gasteiger partial charge in [-0.05, 0) is 0 Å². The van der Waals surface area contributed by atoms with Gasteiger partial charge in [-0.15, -0.1) is 0 Å². The van der Waals surface area contributed by atoms with Crippen molar-refractivity contribution in [3.05, 3.63) is 42.2 Å². The maximum absolute atomic E-state index is 11.2. The lowest BCUT2D eigenvalue weighted by Crippen LogP contribution is -2.16. The zero-order valence-corrected chi connectivity index (χ0v) is 8.18. The molecule has 1 amide bonds. The number of aromatic nitrogens is 1. The molecule has 0 aliphatic heterocycles. The van der Waals surface area contributed by atoms with Crippen molar-refractivity contribution in [3.63, 3.8) is 0 Å². The molecule has 0 bridgehead atoms. The first-order valence-electron chi connectivity index (χ1n) is 4.53. The number of hydrogen-bond donors (Lipinski definition) is 1. The van der Waals surface area contributed by atoms with Gasteiger partial charge in [0.2, 0.25) is 5.76 Å².